The highest BCUT2D eigenvalue weighted by Crippen LogP contribution is 2.36. The van der Waals surface area contributed by atoms with Crippen molar-refractivity contribution < 1.29 is 17.9 Å². The third-order valence-corrected chi connectivity index (χ3v) is 8.46. The zero-order valence-electron chi connectivity index (χ0n) is 16.9. The summed E-state index contributed by atoms with van der Waals surface area (Å²) >= 11 is 7.62. The maximum absolute atomic E-state index is 11.8. The van der Waals surface area contributed by atoms with Crippen molar-refractivity contribution >= 4 is 43.2 Å². The van der Waals surface area contributed by atoms with Crippen LogP contribution in [0.3, 0.4) is 0 Å². The number of hydrogen-bond donors (Lipinski definition) is 0. The highest BCUT2D eigenvalue weighted by molar-refractivity contribution is 7.88. The van der Waals surface area contributed by atoms with E-state index in [4.69, 9.17) is 21.1 Å². The van der Waals surface area contributed by atoms with E-state index in [0.717, 1.165) is 35.5 Å². The van der Waals surface area contributed by atoms with Crippen molar-refractivity contribution in [2.75, 3.05) is 32.5 Å². The summed E-state index contributed by atoms with van der Waals surface area (Å²) in [7, 11) is -3.10. The van der Waals surface area contributed by atoms with Crippen LogP contribution < -0.4 is 9.47 Å². The zero-order valence-corrected chi connectivity index (χ0v) is 19.3. The molecular formula is C21H22ClN3O4S2. The molecule has 1 aromatic heterocycles. The van der Waals surface area contributed by atoms with Crippen LogP contribution in [0.4, 0.5) is 0 Å². The molecular weight excluding hydrogens is 458 g/mol. The van der Waals surface area contributed by atoms with Crippen molar-refractivity contribution in [3.05, 3.63) is 47.5 Å². The van der Waals surface area contributed by atoms with Crippen LogP contribution in [0.1, 0.15) is 6.42 Å². The summed E-state index contributed by atoms with van der Waals surface area (Å²) in [5.41, 5.74) is 0.822. The topological polar surface area (TPSA) is 72.0 Å². The molecule has 2 fully saturated rings. The minimum Gasteiger partial charge on any atom is -0.492 e. The van der Waals surface area contributed by atoms with E-state index in [1.807, 2.05) is 42.5 Å². The third kappa shape index (κ3) is 4.38. The number of aromatic nitrogens is 1. The molecule has 2 bridgehead atoms. The fraction of sp³-hybridized carbons (Fsp3) is 0.381. The first-order valence-electron chi connectivity index (χ1n) is 10.0. The van der Waals surface area contributed by atoms with E-state index in [1.165, 1.54) is 17.6 Å². The number of halogens is 1. The molecule has 0 unspecified atom stereocenters. The highest BCUT2D eigenvalue weighted by atomic mass is 35.5. The van der Waals surface area contributed by atoms with E-state index in [2.05, 4.69) is 9.88 Å². The average Bonchev–Trinajstić information content (AvgIpc) is 3.43. The van der Waals surface area contributed by atoms with E-state index in [-0.39, 0.29) is 6.04 Å². The Labute approximate surface area is 190 Å². The second-order valence-electron chi connectivity index (χ2n) is 7.86. The van der Waals surface area contributed by atoms with Crippen molar-refractivity contribution in [3.63, 3.8) is 0 Å². The monoisotopic (exact) mass is 479 g/mol. The van der Waals surface area contributed by atoms with Crippen LogP contribution in [0, 0.1) is 0 Å². The third-order valence-electron chi connectivity index (χ3n) is 5.75. The Bertz CT molecular complexity index is 1200. The number of ether oxygens (including phenoxy) is 2. The molecule has 0 aliphatic carbocycles. The van der Waals surface area contributed by atoms with Gasteiger partial charge in [-0.2, -0.15) is 4.31 Å². The van der Waals surface area contributed by atoms with Crippen LogP contribution in [-0.2, 0) is 10.0 Å². The Morgan fingerprint density at radius 3 is 2.58 bits per heavy atom. The number of nitrogens with zero attached hydrogens (tertiary/aromatic N) is 3. The fourth-order valence-corrected chi connectivity index (χ4v) is 6.58. The normalized spacial score (nSPS) is 21.7. The van der Waals surface area contributed by atoms with Crippen LogP contribution in [0.2, 0.25) is 5.02 Å². The lowest BCUT2D eigenvalue weighted by Gasteiger charge is -2.32. The minimum atomic E-state index is -3.10. The van der Waals surface area contributed by atoms with E-state index in [1.54, 1.807) is 4.31 Å². The Morgan fingerprint density at radius 2 is 1.90 bits per heavy atom. The minimum absolute atomic E-state index is 0.105. The van der Waals surface area contributed by atoms with Crippen molar-refractivity contribution in [2.24, 2.45) is 0 Å². The van der Waals surface area contributed by atoms with Gasteiger partial charge in [0, 0.05) is 31.7 Å². The summed E-state index contributed by atoms with van der Waals surface area (Å²) in [6.07, 6.45) is 2.20. The standard InChI is InChI=1S/C21H22ClN3O4S2/c1-31(26,27)25-13-14-11-15(25)12-24(14)9-10-28-16-5-7-17(8-6-16)29-21-23-19-4-2-3-18(22)20(19)30-21/h2-8,14-15H,9-13H2,1H3/t14-,15+/m1/s1. The van der Waals surface area contributed by atoms with Crippen LogP contribution in [-0.4, -0.2) is 67.2 Å². The maximum atomic E-state index is 11.8. The lowest BCUT2D eigenvalue weighted by molar-refractivity contribution is 0.153. The van der Waals surface area contributed by atoms with Crippen molar-refractivity contribution in [2.45, 2.75) is 18.5 Å². The van der Waals surface area contributed by atoms with Gasteiger partial charge in [-0.05, 0) is 42.8 Å². The summed E-state index contributed by atoms with van der Waals surface area (Å²) in [6, 6.07) is 13.5. The molecule has 2 atom stereocenters. The number of thiazole rings is 1. The summed E-state index contributed by atoms with van der Waals surface area (Å²) < 4.78 is 37.9. The van der Waals surface area contributed by atoms with E-state index >= 15 is 0 Å². The van der Waals surface area contributed by atoms with Gasteiger partial charge in [-0.1, -0.05) is 29.0 Å². The van der Waals surface area contributed by atoms with E-state index in [0.29, 0.717) is 35.2 Å². The Morgan fingerprint density at radius 1 is 1.13 bits per heavy atom. The zero-order chi connectivity index (χ0) is 21.6. The van der Waals surface area contributed by atoms with Crippen molar-refractivity contribution in [1.82, 2.24) is 14.2 Å². The number of rotatable bonds is 7. The van der Waals surface area contributed by atoms with Crippen LogP contribution >= 0.6 is 22.9 Å². The Hall–Kier alpha value is -1.91. The molecule has 3 heterocycles. The van der Waals surface area contributed by atoms with Gasteiger partial charge in [0.25, 0.3) is 5.19 Å². The Kier molecular flexibility index (Phi) is 5.56. The molecule has 10 heteroatoms. The summed E-state index contributed by atoms with van der Waals surface area (Å²) in [4.78, 5) is 6.78. The number of piperazine rings is 1. The maximum Gasteiger partial charge on any atom is 0.279 e. The molecule has 3 aromatic rings. The second kappa shape index (κ2) is 8.22. The van der Waals surface area contributed by atoms with Crippen LogP contribution in [0.15, 0.2) is 42.5 Å². The van der Waals surface area contributed by atoms with Gasteiger partial charge in [-0.3, -0.25) is 4.90 Å². The molecule has 0 N–H and O–H groups in total. The molecule has 0 amide bonds. The van der Waals surface area contributed by atoms with Gasteiger partial charge in [0.1, 0.15) is 18.1 Å². The SMILES string of the molecule is CS(=O)(=O)N1C[C@H]2C[C@H]1CN2CCOc1ccc(Oc2nc3cccc(Cl)c3s2)cc1. The number of sulfonamides is 1. The van der Waals surface area contributed by atoms with Crippen molar-refractivity contribution in [1.29, 1.82) is 0 Å². The smallest absolute Gasteiger partial charge is 0.279 e. The highest BCUT2D eigenvalue weighted by Gasteiger charge is 2.46. The lowest BCUT2D eigenvalue weighted by atomic mass is 10.2. The number of likely N-dealkylation sites (tertiary alicyclic amines) is 1. The van der Waals surface area contributed by atoms with Gasteiger partial charge in [0.05, 0.1) is 21.5 Å². The van der Waals surface area contributed by atoms with Gasteiger partial charge < -0.3 is 9.47 Å². The number of benzene rings is 2. The molecule has 2 aliphatic heterocycles. The molecule has 164 valence electrons. The van der Waals surface area contributed by atoms with Gasteiger partial charge in [-0.15, -0.1) is 0 Å². The molecule has 2 saturated heterocycles. The first-order valence-corrected chi connectivity index (χ1v) is 13.1. The van der Waals surface area contributed by atoms with Gasteiger partial charge in [-0.25, -0.2) is 13.4 Å². The number of fused-ring (bicyclic) bond motifs is 3. The summed E-state index contributed by atoms with van der Waals surface area (Å²) in [5.74, 6) is 1.45. The quantitative estimate of drug-likeness (QED) is 0.512. The molecule has 31 heavy (non-hydrogen) atoms. The predicted octanol–water partition coefficient (Wildman–Crippen LogP) is 3.84. The molecule has 0 spiro atoms. The fourth-order valence-electron chi connectivity index (χ4n) is 4.32. The first-order chi connectivity index (χ1) is 14.9. The molecule has 0 radical (unpaired) electrons. The van der Waals surface area contributed by atoms with Crippen LogP contribution in [0.25, 0.3) is 10.2 Å². The molecule has 5 rings (SSSR count). The molecule has 0 saturated carbocycles. The lowest BCUT2D eigenvalue weighted by Crippen LogP contribution is -2.49. The number of hydrogen-bond acceptors (Lipinski definition) is 7. The largest absolute Gasteiger partial charge is 0.492 e. The second-order valence-corrected chi connectivity index (χ2v) is 11.2. The predicted molar refractivity (Wildman–Crippen MR) is 122 cm³/mol. The van der Waals surface area contributed by atoms with Gasteiger partial charge in [0.15, 0.2) is 0 Å². The summed E-state index contributed by atoms with van der Waals surface area (Å²) in [6.45, 7) is 2.70. The van der Waals surface area contributed by atoms with Gasteiger partial charge >= 0.3 is 0 Å². The molecule has 7 nitrogen and oxygen atoms in total. The van der Waals surface area contributed by atoms with E-state index in [9.17, 15) is 8.42 Å². The first kappa shape index (κ1) is 21.0. The molecule has 2 aliphatic rings. The van der Waals surface area contributed by atoms with Crippen LogP contribution in [0.5, 0.6) is 16.7 Å². The molecule has 2 aromatic carbocycles. The average molecular weight is 480 g/mol. The van der Waals surface area contributed by atoms with Gasteiger partial charge in [0.2, 0.25) is 10.0 Å². The van der Waals surface area contributed by atoms with Crippen molar-refractivity contribution in [3.8, 4) is 16.7 Å². The van der Waals surface area contributed by atoms with E-state index < -0.39 is 10.0 Å². The summed E-state index contributed by atoms with van der Waals surface area (Å²) in [5, 5.41) is 1.22. The Balaban J connectivity index is 1.12.